The highest BCUT2D eigenvalue weighted by Gasteiger charge is 2.10. The fourth-order valence-corrected chi connectivity index (χ4v) is 6.77. The molecule has 0 radical (unpaired) electrons. The molecule has 0 aliphatic rings. The van der Waals surface area contributed by atoms with E-state index in [1.54, 1.807) is 85.2 Å². The van der Waals surface area contributed by atoms with Gasteiger partial charge in [-0.05, 0) is 73.5 Å². The van der Waals surface area contributed by atoms with Crippen molar-refractivity contribution in [2.24, 2.45) is 9.98 Å². The van der Waals surface area contributed by atoms with E-state index < -0.39 is 5.97 Å². The molecule has 8 nitrogen and oxygen atoms in total. The highest BCUT2D eigenvalue weighted by molar-refractivity contribution is 5.92. The number of carbonyl (C=O) groups is 1. The van der Waals surface area contributed by atoms with Crippen molar-refractivity contribution in [1.82, 2.24) is 0 Å². The van der Waals surface area contributed by atoms with Crippen LogP contribution in [0.15, 0.2) is 94.9 Å². The van der Waals surface area contributed by atoms with Gasteiger partial charge in [0.25, 0.3) is 0 Å². The first kappa shape index (κ1) is 46.6. The summed E-state index contributed by atoms with van der Waals surface area (Å²) >= 11 is 0. The number of hydrogen-bond acceptors (Lipinski definition) is 8. The van der Waals surface area contributed by atoms with Crippen LogP contribution in [0.2, 0.25) is 0 Å². The predicted octanol–water partition coefficient (Wildman–Crippen LogP) is 14.4. The first-order valence-corrected chi connectivity index (χ1v) is 22.4. The molecule has 2 N–H and O–H groups in total. The molecule has 4 aromatic rings. The maximum Gasteiger partial charge on any atom is 0.343 e. The molecule has 0 atom stereocenters. The number of aliphatic imine (C=N–C) groups is 2. The summed E-state index contributed by atoms with van der Waals surface area (Å²) in [6.07, 6.45) is 28.6. The largest absolute Gasteiger partial charge is 0.507 e. The summed E-state index contributed by atoms with van der Waals surface area (Å²) in [5.74, 6) is 1.28. The number of benzene rings is 4. The minimum atomic E-state index is -0.515. The molecule has 4 aromatic carbocycles. The molecule has 0 saturated carbocycles. The van der Waals surface area contributed by atoms with E-state index in [-0.39, 0.29) is 11.5 Å². The van der Waals surface area contributed by atoms with Gasteiger partial charge in [0.15, 0.2) is 0 Å². The monoisotopic (exact) mass is 805 g/mol. The number of phenols is 2. The van der Waals surface area contributed by atoms with Gasteiger partial charge in [-0.15, -0.1) is 0 Å². The number of nitrogens with zero attached hydrogens (tertiary/aromatic N) is 2. The second kappa shape index (κ2) is 28.3. The summed E-state index contributed by atoms with van der Waals surface area (Å²) in [6.45, 7) is 5.76. The Labute approximate surface area is 353 Å². The zero-order chi connectivity index (χ0) is 41.8. The minimum absolute atomic E-state index is 0.0824. The molecule has 0 amide bonds. The van der Waals surface area contributed by atoms with Crippen molar-refractivity contribution in [3.8, 4) is 28.7 Å². The number of unbranched alkanes of at least 4 members (excludes halogenated alkanes) is 18. The van der Waals surface area contributed by atoms with Gasteiger partial charge >= 0.3 is 5.97 Å². The zero-order valence-electron chi connectivity index (χ0n) is 35.7. The second-order valence-electron chi connectivity index (χ2n) is 15.5. The van der Waals surface area contributed by atoms with Gasteiger partial charge in [-0.25, -0.2) is 4.79 Å². The molecule has 0 spiro atoms. The Hall–Kier alpha value is -5.11. The molecule has 0 unspecified atom stereocenters. The first-order chi connectivity index (χ1) is 28.9. The molecule has 8 heteroatoms. The summed E-state index contributed by atoms with van der Waals surface area (Å²) in [5, 5.41) is 21.1. The Bertz CT molecular complexity index is 1840. The highest BCUT2D eigenvalue weighted by Crippen LogP contribution is 2.27. The van der Waals surface area contributed by atoms with E-state index in [4.69, 9.17) is 14.2 Å². The summed E-state index contributed by atoms with van der Waals surface area (Å²) < 4.78 is 17.4. The normalized spacial score (nSPS) is 11.4. The molecule has 0 bridgehead atoms. The van der Waals surface area contributed by atoms with E-state index in [2.05, 4.69) is 23.8 Å². The Kier molecular flexibility index (Phi) is 22.4. The zero-order valence-corrected chi connectivity index (χ0v) is 35.7. The summed E-state index contributed by atoms with van der Waals surface area (Å²) in [5.41, 5.74) is 2.67. The number of hydrogen-bond donors (Lipinski definition) is 2. The summed E-state index contributed by atoms with van der Waals surface area (Å²) in [6, 6.07) is 24.1. The molecule has 0 fully saturated rings. The molecule has 0 heterocycles. The molecule has 59 heavy (non-hydrogen) atoms. The van der Waals surface area contributed by atoms with E-state index in [9.17, 15) is 15.0 Å². The Morgan fingerprint density at radius 1 is 0.492 bits per heavy atom. The van der Waals surface area contributed by atoms with Crippen LogP contribution in [0, 0.1) is 0 Å². The molecule has 0 aromatic heterocycles. The Morgan fingerprint density at radius 3 is 1.39 bits per heavy atom. The lowest BCUT2D eigenvalue weighted by Gasteiger charge is -2.08. The van der Waals surface area contributed by atoms with Gasteiger partial charge in [0.1, 0.15) is 28.7 Å². The lowest BCUT2D eigenvalue weighted by Crippen LogP contribution is -2.07. The second-order valence-corrected chi connectivity index (χ2v) is 15.5. The van der Waals surface area contributed by atoms with E-state index in [0.717, 1.165) is 25.7 Å². The quantitative estimate of drug-likeness (QED) is 0.0235. The number of ether oxygens (including phenoxy) is 3. The van der Waals surface area contributed by atoms with Crippen LogP contribution < -0.4 is 14.2 Å². The maximum atomic E-state index is 12.9. The van der Waals surface area contributed by atoms with Crippen molar-refractivity contribution >= 4 is 29.8 Å². The van der Waals surface area contributed by atoms with Crippen LogP contribution in [0.4, 0.5) is 11.4 Å². The third kappa shape index (κ3) is 19.0. The minimum Gasteiger partial charge on any atom is -0.507 e. The van der Waals surface area contributed by atoms with Gasteiger partial charge in [0, 0.05) is 41.8 Å². The van der Waals surface area contributed by atoms with E-state index in [1.165, 1.54) is 103 Å². The van der Waals surface area contributed by atoms with Crippen molar-refractivity contribution in [2.45, 2.75) is 142 Å². The van der Waals surface area contributed by atoms with Crippen molar-refractivity contribution in [2.75, 3.05) is 13.2 Å². The molecular formula is C51H68N2O6. The van der Waals surface area contributed by atoms with Gasteiger partial charge in [-0.2, -0.15) is 0 Å². The predicted molar refractivity (Wildman–Crippen MR) is 243 cm³/mol. The van der Waals surface area contributed by atoms with Gasteiger partial charge in [0.05, 0.1) is 30.2 Å². The van der Waals surface area contributed by atoms with E-state index >= 15 is 0 Å². The number of esters is 1. The van der Waals surface area contributed by atoms with Gasteiger partial charge in [-0.3, -0.25) is 9.98 Å². The summed E-state index contributed by atoms with van der Waals surface area (Å²) in [4.78, 5) is 21.9. The SMILES string of the molecule is CCCCCCCCCCCCOc1ccc(C=Nc2ccc(C(=O)Oc3cccc(N=Cc4ccc(OCCCCCCCCCCCC)cc4O)c3)cc2)c(O)c1. The number of phenolic OH excluding ortho intramolecular Hbond substituents is 2. The third-order valence-electron chi connectivity index (χ3n) is 10.4. The van der Waals surface area contributed by atoms with E-state index in [1.807, 2.05) is 12.1 Å². The lowest BCUT2D eigenvalue weighted by molar-refractivity contribution is 0.0735. The average molecular weight is 805 g/mol. The van der Waals surface area contributed by atoms with Gasteiger partial charge in [0.2, 0.25) is 0 Å². The van der Waals surface area contributed by atoms with Gasteiger partial charge in [-0.1, -0.05) is 135 Å². The average Bonchev–Trinajstić information content (AvgIpc) is 3.24. The number of rotatable bonds is 30. The van der Waals surface area contributed by atoms with Crippen molar-refractivity contribution < 1.29 is 29.2 Å². The van der Waals surface area contributed by atoms with Crippen LogP contribution in [-0.2, 0) is 0 Å². The molecule has 0 saturated heterocycles. The Balaban J connectivity index is 1.15. The number of aromatic hydroxyl groups is 2. The summed E-state index contributed by atoms with van der Waals surface area (Å²) in [7, 11) is 0. The van der Waals surface area contributed by atoms with Crippen LogP contribution >= 0.6 is 0 Å². The van der Waals surface area contributed by atoms with Crippen LogP contribution in [0.5, 0.6) is 28.7 Å². The van der Waals surface area contributed by atoms with Crippen LogP contribution in [0.3, 0.4) is 0 Å². The number of carbonyl (C=O) groups excluding carboxylic acids is 1. The standard InChI is InChI=1S/C51H68N2O6/c1-3-5-7-9-11-13-15-17-19-21-34-57-46-32-28-42(49(54)37-46)39-52-44-30-26-41(27-31-44)51(56)59-48-25-23-24-45(36-48)53-40-43-29-33-47(38-50(43)55)58-35-22-20-18-16-14-12-10-8-6-4-2/h23-33,36-40,54-55H,3-22,34-35H2,1-2H3. The Morgan fingerprint density at radius 2 is 0.932 bits per heavy atom. The van der Waals surface area contributed by atoms with Crippen LogP contribution in [0.25, 0.3) is 0 Å². The van der Waals surface area contributed by atoms with Crippen LogP contribution in [0.1, 0.15) is 164 Å². The van der Waals surface area contributed by atoms with Crippen molar-refractivity contribution in [3.05, 3.63) is 102 Å². The smallest absolute Gasteiger partial charge is 0.343 e. The third-order valence-corrected chi connectivity index (χ3v) is 10.4. The molecule has 0 aliphatic carbocycles. The highest BCUT2D eigenvalue weighted by atomic mass is 16.5. The molecular weight excluding hydrogens is 737 g/mol. The fraction of sp³-hybridized carbons (Fsp3) is 0.471. The van der Waals surface area contributed by atoms with Crippen LogP contribution in [-0.4, -0.2) is 41.8 Å². The lowest BCUT2D eigenvalue weighted by atomic mass is 10.1. The molecule has 318 valence electrons. The molecule has 0 aliphatic heterocycles. The first-order valence-electron chi connectivity index (χ1n) is 22.4. The fourth-order valence-electron chi connectivity index (χ4n) is 6.77. The van der Waals surface area contributed by atoms with E-state index in [0.29, 0.717) is 58.5 Å². The van der Waals surface area contributed by atoms with Crippen molar-refractivity contribution in [3.63, 3.8) is 0 Å². The topological polar surface area (TPSA) is 110 Å². The van der Waals surface area contributed by atoms with Gasteiger partial charge < -0.3 is 24.4 Å². The molecule has 4 rings (SSSR count). The van der Waals surface area contributed by atoms with Crippen molar-refractivity contribution in [1.29, 1.82) is 0 Å². The maximum absolute atomic E-state index is 12.9.